The van der Waals surface area contributed by atoms with Crippen LogP contribution in [0.4, 0.5) is 0 Å². The van der Waals surface area contributed by atoms with Gasteiger partial charge >= 0.3 is 5.97 Å². The predicted molar refractivity (Wildman–Crippen MR) is 45.6 cm³/mol. The molecule has 0 aromatic carbocycles. The molecule has 1 aliphatic heterocycles. The maximum absolute atomic E-state index is 11.2. The molecular formula is C10H16O2. The molecule has 1 heterocycles. The van der Waals surface area contributed by atoms with Crippen LogP contribution in [0.3, 0.4) is 0 Å². The molecule has 2 nitrogen and oxygen atoms in total. The summed E-state index contributed by atoms with van der Waals surface area (Å²) in [6.45, 7) is 1.98. The van der Waals surface area contributed by atoms with Crippen molar-refractivity contribution in [3.05, 3.63) is 0 Å². The van der Waals surface area contributed by atoms with Crippen molar-refractivity contribution in [1.29, 1.82) is 0 Å². The first kappa shape index (κ1) is 8.09. The molecule has 1 unspecified atom stereocenters. The van der Waals surface area contributed by atoms with Crippen LogP contribution in [0.1, 0.15) is 39.0 Å². The van der Waals surface area contributed by atoms with Crippen molar-refractivity contribution in [3.63, 3.8) is 0 Å². The lowest BCUT2D eigenvalue weighted by atomic mass is 9.79. The van der Waals surface area contributed by atoms with Gasteiger partial charge in [0.2, 0.25) is 0 Å². The smallest absolute Gasteiger partial charge is 0.308 e. The van der Waals surface area contributed by atoms with Crippen LogP contribution in [0.5, 0.6) is 0 Å². The second kappa shape index (κ2) is 3.08. The van der Waals surface area contributed by atoms with Gasteiger partial charge in [-0.15, -0.1) is 0 Å². The highest BCUT2D eigenvalue weighted by molar-refractivity contribution is 5.73. The van der Waals surface area contributed by atoms with Gasteiger partial charge in [0, 0.05) is 0 Å². The minimum atomic E-state index is 0.0261. The summed E-state index contributed by atoms with van der Waals surface area (Å²) in [5, 5.41) is 0. The average Bonchev–Trinajstić information content (AvgIpc) is 2.07. The Morgan fingerprint density at radius 3 is 2.92 bits per heavy atom. The van der Waals surface area contributed by atoms with Crippen molar-refractivity contribution in [2.24, 2.45) is 11.8 Å². The zero-order chi connectivity index (χ0) is 8.55. The van der Waals surface area contributed by atoms with Crippen LogP contribution >= 0.6 is 0 Å². The van der Waals surface area contributed by atoms with E-state index in [4.69, 9.17) is 4.74 Å². The van der Waals surface area contributed by atoms with Crippen LogP contribution in [-0.2, 0) is 9.53 Å². The highest BCUT2D eigenvalue weighted by Gasteiger charge is 2.36. The summed E-state index contributed by atoms with van der Waals surface area (Å²) in [5.74, 6) is 0.842. The van der Waals surface area contributed by atoms with Crippen molar-refractivity contribution >= 4 is 5.97 Å². The third kappa shape index (κ3) is 1.35. The molecule has 2 aliphatic rings. The highest BCUT2D eigenvalue weighted by Crippen LogP contribution is 2.35. The molecule has 68 valence electrons. The molecular weight excluding hydrogens is 152 g/mol. The lowest BCUT2D eigenvalue weighted by Gasteiger charge is -2.37. The molecule has 2 rings (SSSR count). The van der Waals surface area contributed by atoms with Crippen LogP contribution in [0.2, 0.25) is 0 Å². The Bertz CT molecular complexity index is 188. The zero-order valence-electron chi connectivity index (χ0n) is 7.58. The maximum atomic E-state index is 11.2. The van der Waals surface area contributed by atoms with E-state index >= 15 is 0 Å². The minimum absolute atomic E-state index is 0.0261. The van der Waals surface area contributed by atoms with E-state index < -0.39 is 0 Å². The van der Waals surface area contributed by atoms with E-state index in [1.54, 1.807) is 0 Å². The normalized spacial score (nSPS) is 41.8. The molecule has 0 spiro atoms. The van der Waals surface area contributed by atoms with Crippen molar-refractivity contribution in [2.45, 2.75) is 45.1 Å². The fraction of sp³-hybridized carbons (Fsp3) is 0.900. The first-order valence-electron chi connectivity index (χ1n) is 4.98. The summed E-state index contributed by atoms with van der Waals surface area (Å²) in [6.07, 6.45) is 6.26. The van der Waals surface area contributed by atoms with Gasteiger partial charge in [0.1, 0.15) is 6.10 Å². The Labute approximate surface area is 73.3 Å². The third-order valence-corrected chi connectivity index (χ3v) is 3.17. The fourth-order valence-corrected chi connectivity index (χ4v) is 2.41. The van der Waals surface area contributed by atoms with Gasteiger partial charge in [0.05, 0.1) is 5.92 Å². The quantitative estimate of drug-likeness (QED) is 0.518. The van der Waals surface area contributed by atoms with Gasteiger partial charge in [-0.25, -0.2) is 0 Å². The van der Waals surface area contributed by atoms with Crippen LogP contribution in [0.25, 0.3) is 0 Å². The molecule has 0 aromatic heterocycles. The van der Waals surface area contributed by atoms with E-state index in [0.717, 1.165) is 12.8 Å². The number of rotatable bonds is 0. The van der Waals surface area contributed by atoms with Gasteiger partial charge in [-0.05, 0) is 31.6 Å². The molecule has 2 fully saturated rings. The number of hydrogen-bond acceptors (Lipinski definition) is 2. The molecule has 0 N–H and O–H groups in total. The molecule has 0 amide bonds. The van der Waals surface area contributed by atoms with Gasteiger partial charge in [0.25, 0.3) is 0 Å². The van der Waals surface area contributed by atoms with Gasteiger partial charge in [0.15, 0.2) is 0 Å². The molecule has 0 bridgehead atoms. The standard InChI is InChI=1S/C10H16O2/c1-7-6-8-4-2-3-5-9(8)12-10(7)11/h7-9H,2-6H2,1H3/t7?,8-,9+/m0/s1. The Morgan fingerprint density at radius 1 is 1.33 bits per heavy atom. The van der Waals surface area contributed by atoms with Gasteiger partial charge in [-0.3, -0.25) is 4.79 Å². The second-order valence-corrected chi connectivity index (χ2v) is 4.16. The second-order valence-electron chi connectivity index (χ2n) is 4.16. The molecule has 1 aliphatic carbocycles. The van der Waals surface area contributed by atoms with E-state index in [1.807, 2.05) is 6.92 Å². The topological polar surface area (TPSA) is 26.3 Å². The van der Waals surface area contributed by atoms with E-state index in [-0.39, 0.29) is 18.0 Å². The van der Waals surface area contributed by atoms with Gasteiger partial charge in [-0.1, -0.05) is 13.3 Å². The van der Waals surface area contributed by atoms with Crippen molar-refractivity contribution in [1.82, 2.24) is 0 Å². The van der Waals surface area contributed by atoms with Crippen molar-refractivity contribution < 1.29 is 9.53 Å². The van der Waals surface area contributed by atoms with E-state index in [0.29, 0.717) is 5.92 Å². The maximum Gasteiger partial charge on any atom is 0.308 e. The predicted octanol–water partition coefficient (Wildman–Crippen LogP) is 2.13. The average molecular weight is 168 g/mol. The lowest BCUT2D eigenvalue weighted by molar-refractivity contribution is -0.167. The highest BCUT2D eigenvalue weighted by atomic mass is 16.5. The summed E-state index contributed by atoms with van der Waals surface area (Å²) < 4.78 is 5.36. The number of carbonyl (C=O) groups excluding carboxylic acids is 1. The summed E-state index contributed by atoms with van der Waals surface area (Å²) in [4.78, 5) is 11.2. The largest absolute Gasteiger partial charge is 0.462 e. The fourth-order valence-electron chi connectivity index (χ4n) is 2.41. The minimum Gasteiger partial charge on any atom is -0.462 e. The Morgan fingerprint density at radius 2 is 2.08 bits per heavy atom. The number of esters is 1. The summed E-state index contributed by atoms with van der Waals surface area (Å²) >= 11 is 0. The Balaban J connectivity index is 2.02. The molecule has 1 saturated carbocycles. The summed E-state index contributed by atoms with van der Waals surface area (Å²) in [5.41, 5.74) is 0. The van der Waals surface area contributed by atoms with Crippen molar-refractivity contribution in [2.75, 3.05) is 0 Å². The molecule has 0 radical (unpaired) electrons. The number of carbonyl (C=O) groups is 1. The van der Waals surface area contributed by atoms with Crippen LogP contribution in [0.15, 0.2) is 0 Å². The lowest BCUT2D eigenvalue weighted by Crippen LogP contribution is -2.38. The molecule has 3 atom stereocenters. The summed E-state index contributed by atoms with van der Waals surface area (Å²) in [7, 11) is 0. The first-order chi connectivity index (χ1) is 5.77. The Hall–Kier alpha value is -0.530. The SMILES string of the molecule is CC1C[C@@H]2CCCC[C@H]2OC1=O. The van der Waals surface area contributed by atoms with E-state index in [9.17, 15) is 4.79 Å². The molecule has 1 saturated heterocycles. The molecule has 12 heavy (non-hydrogen) atoms. The van der Waals surface area contributed by atoms with E-state index in [1.165, 1.54) is 19.3 Å². The first-order valence-corrected chi connectivity index (χ1v) is 4.98. The van der Waals surface area contributed by atoms with Crippen LogP contribution < -0.4 is 0 Å². The van der Waals surface area contributed by atoms with Crippen LogP contribution in [0, 0.1) is 11.8 Å². The van der Waals surface area contributed by atoms with Crippen molar-refractivity contribution in [3.8, 4) is 0 Å². The zero-order valence-corrected chi connectivity index (χ0v) is 7.58. The third-order valence-electron chi connectivity index (χ3n) is 3.17. The van der Waals surface area contributed by atoms with E-state index in [2.05, 4.69) is 0 Å². The number of fused-ring (bicyclic) bond motifs is 1. The van der Waals surface area contributed by atoms with Gasteiger partial charge < -0.3 is 4.74 Å². The Kier molecular flexibility index (Phi) is 2.07. The summed E-state index contributed by atoms with van der Waals surface area (Å²) in [6, 6.07) is 0. The monoisotopic (exact) mass is 168 g/mol. The number of hydrogen-bond donors (Lipinski definition) is 0. The van der Waals surface area contributed by atoms with Crippen LogP contribution in [-0.4, -0.2) is 12.1 Å². The molecule has 0 aromatic rings. The molecule has 2 heteroatoms. The van der Waals surface area contributed by atoms with Gasteiger partial charge in [-0.2, -0.15) is 0 Å². The number of ether oxygens (including phenoxy) is 1.